The van der Waals surface area contributed by atoms with Gasteiger partial charge in [-0.1, -0.05) is 30.3 Å². The summed E-state index contributed by atoms with van der Waals surface area (Å²) in [5.41, 5.74) is 1.20. The molecule has 0 saturated carbocycles. The molecule has 22 heavy (non-hydrogen) atoms. The minimum atomic E-state index is 0.159. The lowest BCUT2D eigenvalue weighted by Gasteiger charge is -2.20. The lowest BCUT2D eigenvalue weighted by atomic mass is 10.2. The molecular formula is C17H29N3OS. The number of thioether (sulfide) groups is 1. The number of ether oxygens (including phenoxy) is 1. The average molecular weight is 324 g/mol. The fourth-order valence-electron chi connectivity index (χ4n) is 1.68. The van der Waals surface area contributed by atoms with Crippen molar-refractivity contribution in [3.05, 3.63) is 35.9 Å². The van der Waals surface area contributed by atoms with Crippen LogP contribution in [0.5, 0.6) is 0 Å². The number of aliphatic imine (C=N–C) groups is 1. The maximum absolute atomic E-state index is 5.67. The Morgan fingerprint density at radius 3 is 2.59 bits per heavy atom. The van der Waals surface area contributed by atoms with E-state index >= 15 is 0 Å². The van der Waals surface area contributed by atoms with E-state index in [-0.39, 0.29) is 4.75 Å². The highest BCUT2D eigenvalue weighted by atomic mass is 32.2. The molecule has 0 saturated heterocycles. The van der Waals surface area contributed by atoms with Gasteiger partial charge in [0.15, 0.2) is 5.96 Å². The fraction of sp³-hybridized carbons (Fsp3) is 0.588. The van der Waals surface area contributed by atoms with Crippen LogP contribution in [-0.2, 0) is 11.3 Å². The van der Waals surface area contributed by atoms with Crippen molar-refractivity contribution < 1.29 is 4.74 Å². The second-order valence-electron chi connectivity index (χ2n) is 5.62. The molecule has 0 aromatic heterocycles. The van der Waals surface area contributed by atoms with Crippen LogP contribution in [0, 0.1) is 0 Å². The molecule has 1 aromatic carbocycles. The zero-order valence-electron chi connectivity index (χ0n) is 14.2. The molecule has 0 fully saturated rings. The second-order valence-corrected chi connectivity index (χ2v) is 7.14. The second kappa shape index (κ2) is 10.5. The van der Waals surface area contributed by atoms with Crippen LogP contribution in [0.1, 0.15) is 26.3 Å². The standard InChI is InChI=1S/C17H29N3OS/c1-5-18-16(20-14-17(2,3)22-4)19-11-12-21-13-15-9-7-6-8-10-15/h6-10H,5,11-14H2,1-4H3,(H2,18,19,20). The van der Waals surface area contributed by atoms with Gasteiger partial charge in [0.1, 0.15) is 0 Å². The zero-order chi connectivity index (χ0) is 16.3. The van der Waals surface area contributed by atoms with Gasteiger partial charge in [0, 0.05) is 17.8 Å². The Kier molecular flexibility index (Phi) is 9.01. The largest absolute Gasteiger partial charge is 0.375 e. The van der Waals surface area contributed by atoms with Crippen molar-refractivity contribution in [1.82, 2.24) is 10.6 Å². The van der Waals surface area contributed by atoms with Gasteiger partial charge in [0.2, 0.25) is 0 Å². The van der Waals surface area contributed by atoms with Crippen LogP contribution < -0.4 is 10.6 Å². The molecule has 0 radical (unpaired) electrons. The van der Waals surface area contributed by atoms with E-state index in [1.807, 2.05) is 30.0 Å². The normalized spacial score (nSPS) is 12.3. The molecule has 0 heterocycles. The summed E-state index contributed by atoms with van der Waals surface area (Å²) in [5, 5.41) is 6.57. The van der Waals surface area contributed by atoms with Gasteiger partial charge in [-0.05, 0) is 32.6 Å². The van der Waals surface area contributed by atoms with E-state index in [1.165, 1.54) is 5.56 Å². The number of rotatable bonds is 9. The van der Waals surface area contributed by atoms with Gasteiger partial charge in [-0.2, -0.15) is 11.8 Å². The zero-order valence-corrected chi connectivity index (χ0v) is 15.0. The summed E-state index contributed by atoms with van der Waals surface area (Å²) in [6.07, 6.45) is 2.12. The SMILES string of the molecule is CCNC(=NCC(C)(C)SC)NCCOCc1ccccc1. The Morgan fingerprint density at radius 1 is 1.23 bits per heavy atom. The predicted octanol–water partition coefficient (Wildman–Crippen LogP) is 2.90. The number of hydrogen-bond acceptors (Lipinski definition) is 3. The Labute approximate surface area is 139 Å². The third kappa shape index (κ3) is 8.29. The van der Waals surface area contributed by atoms with Crippen molar-refractivity contribution in [2.75, 3.05) is 32.5 Å². The molecule has 0 spiro atoms. The molecule has 0 aliphatic carbocycles. The molecule has 2 N–H and O–H groups in total. The molecule has 5 heteroatoms. The van der Waals surface area contributed by atoms with Crippen LogP contribution in [0.3, 0.4) is 0 Å². The molecule has 0 bridgehead atoms. The smallest absolute Gasteiger partial charge is 0.191 e. The minimum absolute atomic E-state index is 0.159. The first kappa shape index (κ1) is 18.8. The van der Waals surface area contributed by atoms with Crippen molar-refractivity contribution in [3.8, 4) is 0 Å². The summed E-state index contributed by atoms with van der Waals surface area (Å²) < 4.78 is 5.82. The molecule has 0 aliphatic rings. The summed E-state index contributed by atoms with van der Waals surface area (Å²) in [4.78, 5) is 4.63. The highest BCUT2D eigenvalue weighted by Gasteiger charge is 2.15. The summed E-state index contributed by atoms with van der Waals surface area (Å²) in [7, 11) is 0. The lowest BCUT2D eigenvalue weighted by Crippen LogP contribution is -2.40. The van der Waals surface area contributed by atoms with Gasteiger partial charge in [-0.15, -0.1) is 0 Å². The summed E-state index contributed by atoms with van der Waals surface area (Å²) in [6.45, 7) is 10.2. The topological polar surface area (TPSA) is 45.7 Å². The Balaban J connectivity index is 2.27. The van der Waals surface area contributed by atoms with Crippen molar-refractivity contribution in [2.45, 2.75) is 32.1 Å². The van der Waals surface area contributed by atoms with E-state index in [1.54, 1.807) is 0 Å². The van der Waals surface area contributed by atoms with Crippen LogP contribution >= 0.6 is 11.8 Å². The number of nitrogens with one attached hydrogen (secondary N) is 2. The maximum atomic E-state index is 5.67. The molecule has 4 nitrogen and oxygen atoms in total. The molecular weight excluding hydrogens is 294 g/mol. The third-order valence-corrected chi connectivity index (χ3v) is 4.40. The first-order valence-corrected chi connectivity index (χ1v) is 8.99. The Morgan fingerprint density at radius 2 is 1.95 bits per heavy atom. The number of guanidine groups is 1. The monoisotopic (exact) mass is 323 g/mol. The maximum Gasteiger partial charge on any atom is 0.191 e. The van der Waals surface area contributed by atoms with Crippen LogP contribution in [0.15, 0.2) is 35.3 Å². The van der Waals surface area contributed by atoms with E-state index in [9.17, 15) is 0 Å². The van der Waals surface area contributed by atoms with Crippen LogP contribution in [0.2, 0.25) is 0 Å². The molecule has 124 valence electrons. The molecule has 0 amide bonds. The minimum Gasteiger partial charge on any atom is -0.375 e. The van der Waals surface area contributed by atoms with E-state index < -0.39 is 0 Å². The van der Waals surface area contributed by atoms with Crippen molar-refractivity contribution in [3.63, 3.8) is 0 Å². The van der Waals surface area contributed by atoms with Gasteiger partial charge in [0.25, 0.3) is 0 Å². The number of hydrogen-bond donors (Lipinski definition) is 2. The summed E-state index contributed by atoms with van der Waals surface area (Å²) in [5.74, 6) is 0.855. The molecule has 0 unspecified atom stereocenters. The quantitative estimate of drug-likeness (QED) is 0.417. The van der Waals surface area contributed by atoms with Crippen molar-refractivity contribution >= 4 is 17.7 Å². The van der Waals surface area contributed by atoms with Gasteiger partial charge >= 0.3 is 0 Å². The Hall–Kier alpha value is -1.20. The highest BCUT2D eigenvalue weighted by molar-refractivity contribution is 7.99. The number of nitrogens with zero attached hydrogens (tertiary/aromatic N) is 1. The first-order chi connectivity index (χ1) is 10.6. The molecule has 1 rings (SSSR count). The van der Waals surface area contributed by atoms with Crippen molar-refractivity contribution in [2.24, 2.45) is 4.99 Å². The lowest BCUT2D eigenvalue weighted by molar-refractivity contribution is 0.125. The van der Waals surface area contributed by atoms with Gasteiger partial charge < -0.3 is 15.4 Å². The molecule has 0 atom stereocenters. The van der Waals surface area contributed by atoms with E-state index in [2.05, 4.69) is 54.8 Å². The fourth-order valence-corrected chi connectivity index (χ4v) is 1.88. The average Bonchev–Trinajstić information content (AvgIpc) is 2.53. The third-order valence-electron chi connectivity index (χ3n) is 3.17. The Bertz CT molecular complexity index is 435. The van der Waals surface area contributed by atoms with Crippen molar-refractivity contribution in [1.29, 1.82) is 0 Å². The van der Waals surface area contributed by atoms with Gasteiger partial charge in [-0.25, -0.2) is 0 Å². The van der Waals surface area contributed by atoms with Crippen LogP contribution in [0.25, 0.3) is 0 Å². The predicted molar refractivity (Wildman–Crippen MR) is 97.7 cm³/mol. The summed E-state index contributed by atoms with van der Waals surface area (Å²) >= 11 is 1.83. The summed E-state index contributed by atoms with van der Waals surface area (Å²) in [6, 6.07) is 10.2. The highest BCUT2D eigenvalue weighted by Crippen LogP contribution is 2.20. The van der Waals surface area contributed by atoms with E-state index in [0.717, 1.165) is 25.6 Å². The van der Waals surface area contributed by atoms with Crippen LogP contribution in [0.4, 0.5) is 0 Å². The van der Waals surface area contributed by atoms with Gasteiger partial charge in [-0.3, -0.25) is 4.99 Å². The molecule has 1 aromatic rings. The molecule has 0 aliphatic heterocycles. The number of benzene rings is 1. The van der Waals surface area contributed by atoms with E-state index in [0.29, 0.717) is 13.2 Å². The van der Waals surface area contributed by atoms with Gasteiger partial charge in [0.05, 0.1) is 19.8 Å². The van der Waals surface area contributed by atoms with Crippen LogP contribution in [-0.4, -0.2) is 43.2 Å². The van der Waals surface area contributed by atoms with E-state index in [4.69, 9.17) is 4.74 Å². The first-order valence-electron chi connectivity index (χ1n) is 7.76.